The molecule has 1 aromatic rings. The fourth-order valence-corrected chi connectivity index (χ4v) is 1.04. The molecule has 0 saturated carbocycles. The van der Waals surface area contributed by atoms with Crippen molar-refractivity contribution in [1.82, 2.24) is 0 Å². The molecule has 0 bridgehead atoms. The number of benzene rings is 1. The van der Waals surface area contributed by atoms with E-state index in [1.54, 1.807) is 6.08 Å². The SMILES string of the molecule is COC(=O)C(=O)/C=C/C=C/c1ccccc1. The maximum Gasteiger partial charge on any atom is 0.378 e. The molecule has 3 nitrogen and oxygen atoms in total. The molecule has 0 saturated heterocycles. The fraction of sp³-hybridized carbons (Fsp3) is 0.0769. The smallest absolute Gasteiger partial charge is 0.378 e. The van der Waals surface area contributed by atoms with E-state index < -0.39 is 11.8 Å². The molecule has 0 amide bonds. The predicted octanol–water partition coefficient (Wildman–Crippen LogP) is 2.00. The van der Waals surface area contributed by atoms with Crippen molar-refractivity contribution < 1.29 is 14.3 Å². The van der Waals surface area contributed by atoms with E-state index in [-0.39, 0.29) is 0 Å². The van der Waals surface area contributed by atoms with Crippen LogP contribution in [-0.2, 0) is 14.3 Å². The van der Waals surface area contributed by atoms with Crippen LogP contribution >= 0.6 is 0 Å². The van der Waals surface area contributed by atoms with Gasteiger partial charge < -0.3 is 4.74 Å². The second-order valence-electron chi connectivity index (χ2n) is 2.98. The van der Waals surface area contributed by atoms with E-state index in [1.165, 1.54) is 19.3 Å². The first kappa shape index (κ1) is 11.9. The van der Waals surface area contributed by atoms with Crippen LogP contribution in [0.15, 0.2) is 48.6 Å². The molecule has 0 N–H and O–H groups in total. The molecule has 3 heteroatoms. The molecule has 0 aromatic heterocycles. The van der Waals surface area contributed by atoms with Crippen molar-refractivity contribution in [3.05, 3.63) is 54.1 Å². The minimum atomic E-state index is -0.857. The van der Waals surface area contributed by atoms with Crippen LogP contribution in [0.4, 0.5) is 0 Å². The quantitative estimate of drug-likeness (QED) is 0.334. The minimum Gasteiger partial charge on any atom is -0.463 e. The van der Waals surface area contributed by atoms with Crippen molar-refractivity contribution in [2.24, 2.45) is 0 Å². The van der Waals surface area contributed by atoms with Gasteiger partial charge in [0, 0.05) is 0 Å². The van der Waals surface area contributed by atoms with Gasteiger partial charge in [0.15, 0.2) is 0 Å². The molecule has 0 fully saturated rings. The molecular weight excluding hydrogens is 204 g/mol. The van der Waals surface area contributed by atoms with E-state index in [0.29, 0.717) is 0 Å². The third kappa shape index (κ3) is 3.92. The highest BCUT2D eigenvalue weighted by Gasteiger charge is 2.07. The average Bonchev–Trinajstić information content (AvgIpc) is 2.34. The van der Waals surface area contributed by atoms with Crippen LogP contribution in [0.5, 0.6) is 0 Å². The normalized spacial score (nSPS) is 10.8. The van der Waals surface area contributed by atoms with E-state index >= 15 is 0 Å². The lowest BCUT2D eigenvalue weighted by molar-refractivity contribution is -0.149. The third-order valence-electron chi connectivity index (χ3n) is 1.83. The molecule has 16 heavy (non-hydrogen) atoms. The number of hydrogen-bond acceptors (Lipinski definition) is 3. The molecule has 0 heterocycles. The number of carbonyl (C=O) groups is 2. The molecule has 1 aromatic carbocycles. The summed E-state index contributed by atoms with van der Waals surface area (Å²) in [4.78, 5) is 21.7. The monoisotopic (exact) mass is 216 g/mol. The van der Waals surface area contributed by atoms with Crippen molar-refractivity contribution in [1.29, 1.82) is 0 Å². The van der Waals surface area contributed by atoms with Gasteiger partial charge in [0.2, 0.25) is 0 Å². The Balaban J connectivity index is 2.52. The maximum atomic E-state index is 11.0. The van der Waals surface area contributed by atoms with E-state index in [4.69, 9.17) is 0 Å². The molecule has 0 spiro atoms. The van der Waals surface area contributed by atoms with Gasteiger partial charge in [-0.3, -0.25) is 4.79 Å². The summed E-state index contributed by atoms with van der Waals surface area (Å²) in [6, 6.07) is 9.64. The number of esters is 1. The van der Waals surface area contributed by atoms with E-state index in [0.717, 1.165) is 5.56 Å². The van der Waals surface area contributed by atoms with Gasteiger partial charge in [0.25, 0.3) is 5.78 Å². The largest absolute Gasteiger partial charge is 0.463 e. The summed E-state index contributed by atoms with van der Waals surface area (Å²) in [5, 5.41) is 0. The highest BCUT2D eigenvalue weighted by Crippen LogP contribution is 2.00. The Bertz CT molecular complexity index is 416. The number of ether oxygens (including phenoxy) is 1. The van der Waals surface area contributed by atoms with E-state index in [2.05, 4.69) is 4.74 Å². The Morgan fingerprint density at radius 3 is 2.44 bits per heavy atom. The van der Waals surface area contributed by atoms with Crippen molar-refractivity contribution in [2.45, 2.75) is 0 Å². The lowest BCUT2D eigenvalue weighted by Gasteiger charge is -1.90. The maximum absolute atomic E-state index is 11.0. The summed E-state index contributed by atoms with van der Waals surface area (Å²) >= 11 is 0. The molecule has 0 aliphatic carbocycles. The first-order valence-electron chi connectivity index (χ1n) is 4.76. The molecule has 82 valence electrons. The zero-order valence-electron chi connectivity index (χ0n) is 8.92. The van der Waals surface area contributed by atoms with Gasteiger partial charge in [0.1, 0.15) is 0 Å². The lowest BCUT2D eigenvalue weighted by Crippen LogP contribution is -2.11. The highest BCUT2D eigenvalue weighted by atomic mass is 16.5. The molecule has 0 atom stereocenters. The van der Waals surface area contributed by atoms with Crippen molar-refractivity contribution in [3.63, 3.8) is 0 Å². The Morgan fingerprint density at radius 1 is 1.12 bits per heavy atom. The van der Waals surface area contributed by atoms with Crippen LogP contribution in [0.2, 0.25) is 0 Å². The van der Waals surface area contributed by atoms with Crippen molar-refractivity contribution >= 4 is 17.8 Å². The van der Waals surface area contributed by atoms with Crippen LogP contribution in [0, 0.1) is 0 Å². The number of carbonyl (C=O) groups excluding carboxylic acids is 2. The summed E-state index contributed by atoms with van der Waals surface area (Å²) < 4.78 is 4.26. The third-order valence-corrected chi connectivity index (χ3v) is 1.83. The van der Waals surface area contributed by atoms with Crippen LogP contribution in [-0.4, -0.2) is 18.9 Å². The number of rotatable bonds is 4. The Kier molecular flexibility index (Phi) is 4.73. The first-order valence-corrected chi connectivity index (χ1v) is 4.76. The van der Waals surface area contributed by atoms with Gasteiger partial charge in [-0.2, -0.15) is 0 Å². The van der Waals surface area contributed by atoms with Gasteiger partial charge in [-0.1, -0.05) is 48.6 Å². The minimum absolute atomic E-state index is 0.666. The van der Waals surface area contributed by atoms with Crippen LogP contribution in [0.1, 0.15) is 5.56 Å². The molecule has 0 radical (unpaired) electrons. The predicted molar refractivity (Wildman–Crippen MR) is 61.6 cm³/mol. The molecule has 0 aliphatic heterocycles. The Hall–Kier alpha value is -2.16. The van der Waals surface area contributed by atoms with Gasteiger partial charge in [-0.15, -0.1) is 0 Å². The van der Waals surface area contributed by atoms with Crippen LogP contribution < -0.4 is 0 Å². The molecule has 0 unspecified atom stereocenters. The second-order valence-corrected chi connectivity index (χ2v) is 2.98. The fourth-order valence-electron chi connectivity index (χ4n) is 1.04. The lowest BCUT2D eigenvalue weighted by atomic mass is 10.2. The highest BCUT2D eigenvalue weighted by molar-refractivity contribution is 6.38. The number of methoxy groups -OCH3 is 1. The van der Waals surface area contributed by atoms with E-state index in [1.807, 2.05) is 36.4 Å². The average molecular weight is 216 g/mol. The summed E-state index contributed by atoms with van der Waals surface area (Å²) in [7, 11) is 1.17. The zero-order chi connectivity index (χ0) is 11.8. The van der Waals surface area contributed by atoms with Crippen molar-refractivity contribution in [3.8, 4) is 0 Å². The van der Waals surface area contributed by atoms with Crippen LogP contribution in [0.25, 0.3) is 6.08 Å². The molecule has 0 aliphatic rings. The summed E-state index contributed by atoms with van der Waals surface area (Å²) in [6.07, 6.45) is 6.20. The molecular formula is C13H12O3. The standard InChI is InChI=1S/C13H12O3/c1-16-13(15)12(14)10-6-5-9-11-7-3-2-4-8-11/h2-10H,1H3/b9-5+,10-6+. The molecule has 1 rings (SSSR count). The van der Waals surface area contributed by atoms with Crippen molar-refractivity contribution in [2.75, 3.05) is 7.11 Å². The summed E-state index contributed by atoms with van der Waals surface area (Å²) in [6.45, 7) is 0. The van der Waals surface area contributed by atoms with Crippen LogP contribution in [0.3, 0.4) is 0 Å². The topological polar surface area (TPSA) is 43.4 Å². The van der Waals surface area contributed by atoms with E-state index in [9.17, 15) is 9.59 Å². The van der Waals surface area contributed by atoms with Gasteiger partial charge in [-0.05, 0) is 11.6 Å². The Morgan fingerprint density at radius 2 is 1.81 bits per heavy atom. The number of allylic oxidation sites excluding steroid dienone is 2. The number of ketones is 1. The Labute approximate surface area is 94.0 Å². The van der Waals surface area contributed by atoms with Gasteiger partial charge >= 0.3 is 5.97 Å². The van der Waals surface area contributed by atoms with Gasteiger partial charge in [0.05, 0.1) is 7.11 Å². The number of hydrogen-bond donors (Lipinski definition) is 0. The van der Waals surface area contributed by atoms with Gasteiger partial charge in [-0.25, -0.2) is 4.79 Å². The first-order chi connectivity index (χ1) is 7.74. The zero-order valence-corrected chi connectivity index (χ0v) is 8.92. The summed E-state index contributed by atoms with van der Waals surface area (Å²) in [5.74, 6) is -1.52. The summed E-state index contributed by atoms with van der Waals surface area (Å²) in [5.41, 5.74) is 1.03. The second kappa shape index (κ2) is 6.35.